The summed E-state index contributed by atoms with van der Waals surface area (Å²) in [7, 11) is 0. The standard InChI is InChI=1S/C11H8F2N2/c12-9-3-1-2-7(11(9)13)8-6-15-5-4-10(8)14/h1-6H,(H2,14,15). The Balaban J connectivity index is 2.65. The number of rotatable bonds is 1. The fourth-order valence-corrected chi connectivity index (χ4v) is 1.34. The molecule has 0 saturated carbocycles. The molecule has 4 heteroatoms. The molecule has 0 spiro atoms. The number of anilines is 1. The maximum Gasteiger partial charge on any atom is 0.166 e. The molecule has 2 nitrogen and oxygen atoms in total. The smallest absolute Gasteiger partial charge is 0.166 e. The summed E-state index contributed by atoms with van der Waals surface area (Å²) in [5, 5.41) is 0. The highest BCUT2D eigenvalue weighted by molar-refractivity contribution is 5.75. The number of benzene rings is 1. The van der Waals surface area contributed by atoms with Gasteiger partial charge in [-0.1, -0.05) is 12.1 Å². The van der Waals surface area contributed by atoms with Crippen LogP contribution in [0.1, 0.15) is 0 Å². The quantitative estimate of drug-likeness (QED) is 0.778. The number of halogens is 2. The molecule has 0 amide bonds. The van der Waals surface area contributed by atoms with Crippen molar-refractivity contribution in [3.8, 4) is 11.1 Å². The Morgan fingerprint density at radius 2 is 1.87 bits per heavy atom. The van der Waals surface area contributed by atoms with Crippen LogP contribution >= 0.6 is 0 Å². The molecule has 1 heterocycles. The molecule has 0 aliphatic rings. The molecular formula is C11H8F2N2. The van der Waals surface area contributed by atoms with Gasteiger partial charge in [0.05, 0.1) is 0 Å². The van der Waals surface area contributed by atoms with Gasteiger partial charge in [0.25, 0.3) is 0 Å². The van der Waals surface area contributed by atoms with Crippen LogP contribution in [0.3, 0.4) is 0 Å². The predicted molar refractivity (Wildman–Crippen MR) is 54.0 cm³/mol. The van der Waals surface area contributed by atoms with E-state index in [-0.39, 0.29) is 5.56 Å². The third-order valence-corrected chi connectivity index (χ3v) is 2.10. The molecule has 2 aromatic rings. The van der Waals surface area contributed by atoms with Crippen LogP contribution in [0, 0.1) is 11.6 Å². The lowest BCUT2D eigenvalue weighted by atomic mass is 10.1. The highest BCUT2D eigenvalue weighted by Gasteiger charge is 2.11. The van der Waals surface area contributed by atoms with E-state index in [4.69, 9.17) is 5.73 Å². The van der Waals surface area contributed by atoms with Crippen molar-refractivity contribution >= 4 is 5.69 Å². The van der Waals surface area contributed by atoms with Gasteiger partial charge in [0.1, 0.15) is 0 Å². The van der Waals surface area contributed by atoms with Gasteiger partial charge in [-0.15, -0.1) is 0 Å². The van der Waals surface area contributed by atoms with Gasteiger partial charge in [0, 0.05) is 29.2 Å². The van der Waals surface area contributed by atoms with Gasteiger partial charge < -0.3 is 5.73 Å². The normalized spacial score (nSPS) is 10.3. The number of nitrogens with two attached hydrogens (primary N) is 1. The van der Waals surface area contributed by atoms with Crippen molar-refractivity contribution in [1.82, 2.24) is 4.98 Å². The topological polar surface area (TPSA) is 38.9 Å². The van der Waals surface area contributed by atoms with Crippen molar-refractivity contribution in [2.24, 2.45) is 0 Å². The molecule has 0 atom stereocenters. The minimum Gasteiger partial charge on any atom is -0.398 e. The van der Waals surface area contributed by atoms with Crippen molar-refractivity contribution in [2.45, 2.75) is 0 Å². The predicted octanol–water partition coefficient (Wildman–Crippen LogP) is 2.61. The van der Waals surface area contributed by atoms with E-state index >= 15 is 0 Å². The zero-order valence-electron chi connectivity index (χ0n) is 7.74. The second kappa shape index (κ2) is 3.65. The Morgan fingerprint density at radius 1 is 1.07 bits per heavy atom. The van der Waals surface area contributed by atoms with Gasteiger partial charge >= 0.3 is 0 Å². The summed E-state index contributed by atoms with van der Waals surface area (Å²) < 4.78 is 26.4. The molecule has 76 valence electrons. The number of aromatic nitrogens is 1. The van der Waals surface area contributed by atoms with E-state index in [0.29, 0.717) is 11.3 Å². The van der Waals surface area contributed by atoms with Crippen LogP contribution in [0.4, 0.5) is 14.5 Å². The van der Waals surface area contributed by atoms with Crippen molar-refractivity contribution in [1.29, 1.82) is 0 Å². The Morgan fingerprint density at radius 3 is 2.60 bits per heavy atom. The lowest BCUT2D eigenvalue weighted by Gasteiger charge is -2.06. The van der Waals surface area contributed by atoms with Crippen molar-refractivity contribution in [2.75, 3.05) is 5.73 Å². The SMILES string of the molecule is Nc1ccncc1-c1cccc(F)c1F. The van der Waals surface area contributed by atoms with E-state index in [1.54, 1.807) is 6.07 Å². The van der Waals surface area contributed by atoms with Crippen LogP contribution in [-0.4, -0.2) is 4.98 Å². The molecule has 1 aromatic carbocycles. The van der Waals surface area contributed by atoms with Crippen LogP contribution in [0.5, 0.6) is 0 Å². The fourth-order valence-electron chi connectivity index (χ4n) is 1.34. The molecular weight excluding hydrogens is 198 g/mol. The van der Waals surface area contributed by atoms with E-state index in [2.05, 4.69) is 4.98 Å². The first-order valence-electron chi connectivity index (χ1n) is 4.34. The van der Waals surface area contributed by atoms with E-state index in [1.165, 1.54) is 24.5 Å². The molecule has 1 aromatic heterocycles. The third-order valence-electron chi connectivity index (χ3n) is 2.10. The summed E-state index contributed by atoms with van der Waals surface area (Å²) in [6.45, 7) is 0. The first-order valence-corrected chi connectivity index (χ1v) is 4.34. The molecule has 0 unspecified atom stereocenters. The zero-order chi connectivity index (χ0) is 10.8. The van der Waals surface area contributed by atoms with Gasteiger partial charge in [-0.25, -0.2) is 8.78 Å². The molecule has 0 radical (unpaired) electrons. The zero-order valence-corrected chi connectivity index (χ0v) is 7.74. The van der Waals surface area contributed by atoms with E-state index in [9.17, 15) is 8.78 Å². The molecule has 0 bridgehead atoms. The second-order valence-corrected chi connectivity index (χ2v) is 3.06. The van der Waals surface area contributed by atoms with Crippen LogP contribution in [0.2, 0.25) is 0 Å². The van der Waals surface area contributed by atoms with E-state index < -0.39 is 11.6 Å². The highest BCUT2D eigenvalue weighted by Crippen LogP contribution is 2.27. The van der Waals surface area contributed by atoms with Crippen molar-refractivity contribution in [3.05, 3.63) is 48.3 Å². The first kappa shape index (κ1) is 9.58. The summed E-state index contributed by atoms with van der Waals surface area (Å²) in [4.78, 5) is 3.82. The van der Waals surface area contributed by atoms with Crippen molar-refractivity contribution < 1.29 is 8.78 Å². The fraction of sp³-hybridized carbons (Fsp3) is 0. The number of nitrogen functional groups attached to an aromatic ring is 1. The summed E-state index contributed by atoms with van der Waals surface area (Å²) in [5.74, 6) is -1.80. The number of nitrogens with zero attached hydrogens (tertiary/aromatic N) is 1. The van der Waals surface area contributed by atoms with Gasteiger partial charge in [0.15, 0.2) is 11.6 Å². The highest BCUT2D eigenvalue weighted by atomic mass is 19.2. The summed E-state index contributed by atoms with van der Waals surface area (Å²) in [6.07, 6.45) is 2.91. The van der Waals surface area contributed by atoms with Crippen LogP contribution in [-0.2, 0) is 0 Å². The average molecular weight is 206 g/mol. The Labute approximate surface area is 85.4 Å². The van der Waals surface area contributed by atoms with Gasteiger partial charge in [-0.2, -0.15) is 0 Å². The largest absolute Gasteiger partial charge is 0.398 e. The summed E-state index contributed by atoms with van der Waals surface area (Å²) in [6, 6.07) is 5.50. The maximum atomic E-state index is 13.4. The van der Waals surface area contributed by atoms with Crippen LogP contribution in [0.25, 0.3) is 11.1 Å². The number of hydrogen-bond acceptors (Lipinski definition) is 2. The first-order chi connectivity index (χ1) is 7.20. The minimum atomic E-state index is -0.905. The molecule has 2 N–H and O–H groups in total. The Kier molecular flexibility index (Phi) is 2.33. The maximum absolute atomic E-state index is 13.4. The van der Waals surface area contributed by atoms with Crippen LogP contribution in [0.15, 0.2) is 36.7 Å². The lowest BCUT2D eigenvalue weighted by Crippen LogP contribution is -1.94. The summed E-state index contributed by atoms with van der Waals surface area (Å²) in [5.41, 5.74) is 6.54. The Hall–Kier alpha value is -1.97. The Bertz CT molecular complexity index is 498. The van der Waals surface area contributed by atoms with Gasteiger partial charge in [-0.3, -0.25) is 4.98 Å². The number of pyridine rings is 1. The molecule has 0 aliphatic heterocycles. The monoisotopic (exact) mass is 206 g/mol. The summed E-state index contributed by atoms with van der Waals surface area (Å²) >= 11 is 0. The molecule has 0 aliphatic carbocycles. The second-order valence-electron chi connectivity index (χ2n) is 3.06. The lowest BCUT2D eigenvalue weighted by molar-refractivity contribution is 0.511. The van der Waals surface area contributed by atoms with Crippen molar-refractivity contribution in [3.63, 3.8) is 0 Å². The average Bonchev–Trinajstić information content (AvgIpc) is 2.23. The molecule has 0 fully saturated rings. The number of hydrogen-bond donors (Lipinski definition) is 1. The molecule has 0 saturated heterocycles. The van der Waals surface area contributed by atoms with E-state index in [0.717, 1.165) is 6.07 Å². The van der Waals surface area contributed by atoms with Gasteiger partial charge in [-0.05, 0) is 12.1 Å². The minimum absolute atomic E-state index is 0.126. The van der Waals surface area contributed by atoms with Gasteiger partial charge in [0.2, 0.25) is 0 Å². The van der Waals surface area contributed by atoms with E-state index in [1.807, 2.05) is 0 Å². The van der Waals surface area contributed by atoms with Crippen LogP contribution < -0.4 is 5.73 Å². The third kappa shape index (κ3) is 1.66. The molecule has 2 rings (SSSR count). The molecule has 15 heavy (non-hydrogen) atoms.